The molecule has 0 spiro atoms. The summed E-state index contributed by atoms with van der Waals surface area (Å²) in [6.45, 7) is 6.66. The second kappa shape index (κ2) is 6.78. The third kappa shape index (κ3) is 3.65. The van der Waals surface area contributed by atoms with Crippen molar-refractivity contribution in [3.63, 3.8) is 0 Å². The smallest absolute Gasteiger partial charge is 0.341 e. The first-order chi connectivity index (χ1) is 10.0. The Morgan fingerprint density at radius 2 is 2.24 bits per heavy atom. The molecule has 116 valence electrons. The molecule has 3 N–H and O–H groups in total. The van der Waals surface area contributed by atoms with E-state index in [0.29, 0.717) is 41.6 Å². The van der Waals surface area contributed by atoms with Crippen LogP contribution in [0.2, 0.25) is 0 Å². The average molecular weight is 291 g/mol. The second-order valence-corrected chi connectivity index (χ2v) is 5.90. The van der Waals surface area contributed by atoms with Crippen molar-refractivity contribution in [1.29, 1.82) is 0 Å². The fraction of sp³-hybridized carbons (Fsp3) is 0.625. The van der Waals surface area contributed by atoms with Gasteiger partial charge in [0.15, 0.2) is 0 Å². The van der Waals surface area contributed by atoms with E-state index in [1.807, 2.05) is 0 Å². The van der Waals surface area contributed by atoms with Crippen LogP contribution in [0.4, 0.5) is 11.5 Å². The highest BCUT2D eigenvalue weighted by Gasteiger charge is 2.28. The number of ether oxygens (including phenoxy) is 1. The summed E-state index contributed by atoms with van der Waals surface area (Å²) in [6, 6.07) is 1.96. The lowest BCUT2D eigenvalue weighted by Gasteiger charge is -2.35. The van der Waals surface area contributed by atoms with Crippen molar-refractivity contribution >= 4 is 17.5 Å². The molecule has 1 aliphatic carbocycles. The number of esters is 1. The number of anilines is 2. The predicted molar refractivity (Wildman–Crippen MR) is 84.2 cm³/mol. The van der Waals surface area contributed by atoms with Crippen LogP contribution in [-0.4, -0.2) is 23.6 Å². The molecule has 3 unspecified atom stereocenters. The summed E-state index contributed by atoms with van der Waals surface area (Å²) in [6.07, 6.45) is 5.13. The highest BCUT2D eigenvalue weighted by atomic mass is 16.5. The Hall–Kier alpha value is -1.78. The van der Waals surface area contributed by atoms with Crippen molar-refractivity contribution < 1.29 is 9.53 Å². The molecule has 0 aromatic carbocycles. The third-order valence-electron chi connectivity index (χ3n) is 4.43. The normalized spacial score (nSPS) is 25.4. The molecule has 2 rings (SSSR count). The first kappa shape index (κ1) is 15.6. The van der Waals surface area contributed by atoms with E-state index in [0.717, 1.165) is 6.42 Å². The van der Waals surface area contributed by atoms with Crippen molar-refractivity contribution in [1.82, 2.24) is 4.98 Å². The number of rotatable bonds is 4. The quantitative estimate of drug-likeness (QED) is 0.834. The topological polar surface area (TPSA) is 77.2 Å². The first-order valence-electron chi connectivity index (χ1n) is 7.72. The van der Waals surface area contributed by atoms with Crippen molar-refractivity contribution in [2.24, 2.45) is 11.8 Å². The van der Waals surface area contributed by atoms with E-state index >= 15 is 0 Å². The van der Waals surface area contributed by atoms with E-state index in [2.05, 4.69) is 24.1 Å². The van der Waals surface area contributed by atoms with E-state index in [9.17, 15) is 4.79 Å². The minimum atomic E-state index is -0.378. The Labute approximate surface area is 126 Å². The molecule has 5 heteroatoms. The van der Waals surface area contributed by atoms with Crippen LogP contribution in [0.25, 0.3) is 0 Å². The molecule has 0 bridgehead atoms. The van der Waals surface area contributed by atoms with E-state index < -0.39 is 0 Å². The SMILES string of the molecule is CCOC(=O)c1cc(N)cnc1NC1CCCC(C)C1C. The van der Waals surface area contributed by atoms with Gasteiger partial charge in [-0.05, 0) is 31.2 Å². The lowest BCUT2D eigenvalue weighted by atomic mass is 9.78. The van der Waals surface area contributed by atoms with Crippen LogP contribution in [0, 0.1) is 11.8 Å². The Morgan fingerprint density at radius 1 is 1.48 bits per heavy atom. The summed E-state index contributed by atoms with van der Waals surface area (Å²) in [7, 11) is 0. The number of pyridine rings is 1. The third-order valence-corrected chi connectivity index (χ3v) is 4.43. The number of nitrogen functional groups attached to an aromatic ring is 1. The summed E-state index contributed by atoms with van der Waals surface area (Å²) in [5.41, 5.74) is 6.63. The van der Waals surface area contributed by atoms with Gasteiger partial charge >= 0.3 is 5.97 Å². The molecular weight excluding hydrogens is 266 g/mol. The summed E-state index contributed by atoms with van der Waals surface area (Å²) >= 11 is 0. The molecule has 0 radical (unpaired) electrons. The van der Waals surface area contributed by atoms with Crippen molar-refractivity contribution in [3.05, 3.63) is 17.8 Å². The van der Waals surface area contributed by atoms with Crippen LogP contribution in [0.3, 0.4) is 0 Å². The van der Waals surface area contributed by atoms with E-state index in [1.165, 1.54) is 12.8 Å². The average Bonchev–Trinajstić information content (AvgIpc) is 2.46. The van der Waals surface area contributed by atoms with Crippen LogP contribution in [0.5, 0.6) is 0 Å². The number of carbonyl (C=O) groups excluding carboxylic acids is 1. The Morgan fingerprint density at radius 3 is 2.95 bits per heavy atom. The van der Waals surface area contributed by atoms with Gasteiger partial charge in [0.25, 0.3) is 0 Å². The van der Waals surface area contributed by atoms with Crippen molar-refractivity contribution in [2.75, 3.05) is 17.7 Å². The van der Waals surface area contributed by atoms with Crippen LogP contribution in [0.15, 0.2) is 12.3 Å². The molecule has 1 heterocycles. The van der Waals surface area contributed by atoms with Gasteiger partial charge in [0.1, 0.15) is 11.4 Å². The number of nitrogens with one attached hydrogen (secondary N) is 1. The highest BCUT2D eigenvalue weighted by Crippen LogP contribution is 2.32. The zero-order valence-corrected chi connectivity index (χ0v) is 13.1. The van der Waals surface area contributed by atoms with Gasteiger partial charge in [-0.25, -0.2) is 9.78 Å². The van der Waals surface area contributed by atoms with Crippen LogP contribution in [-0.2, 0) is 4.74 Å². The van der Waals surface area contributed by atoms with E-state index in [-0.39, 0.29) is 5.97 Å². The molecule has 1 aromatic rings. The van der Waals surface area contributed by atoms with Crippen LogP contribution >= 0.6 is 0 Å². The zero-order chi connectivity index (χ0) is 15.4. The molecule has 0 saturated heterocycles. The number of nitrogens with two attached hydrogens (primary N) is 1. The lowest BCUT2D eigenvalue weighted by molar-refractivity contribution is 0.0527. The molecular formula is C16H25N3O2. The minimum absolute atomic E-state index is 0.332. The molecule has 0 amide bonds. The number of hydrogen-bond donors (Lipinski definition) is 2. The van der Waals surface area contributed by atoms with Gasteiger partial charge in [-0.3, -0.25) is 0 Å². The standard InChI is InChI=1S/C16H25N3O2/c1-4-21-16(20)13-8-12(17)9-18-15(13)19-14-7-5-6-10(2)11(14)3/h8-11,14H,4-7,17H2,1-3H3,(H,18,19). The molecule has 1 saturated carbocycles. The number of aromatic nitrogens is 1. The van der Waals surface area contributed by atoms with Crippen LogP contribution in [0.1, 0.15) is 50.4 Å². The maximum absolute atomic E-state index is 12.0. The van der Waals surface area contributed by atoms with Crippen molar-refractivity contribution in [3.8, 4) is 0 Å². The first-order valence-corrected chi connectivity index (χ1v) is 7.72. The van der Waals surface area contributed by atoms with E-state index in [4.69, 9.17) is 10.5 Å². The Balaban J connectivity index is 2.21. The van der Waals surface area contributed by atoms with Crippen LogP contribution < -0.4 is 11.1 Å². The van der Waals surface area contributed by atoms with Gasteiger partial charge in [0, 0.05) is 6.04 Å². The van der Waals surface area contributed by atoms with E-state index in [1.54, 1.807) is 19.2 Å². The molecule has 0 aliphatic heterocycles. The fourth-order valence-corrected chi connectivity index (χ4v) is 2.92. The Bertz CT molecular complexity index is 504. The van der Waals surface area contributed by atoms with Gasteiger partial charge in [-0.1, -0.05) is 26.7 Å². The highest BCUT2D eigenvalue weighted by molar-refractivity contribution is 5.95. The fourth-order valence-electron chi connectivity index (χ4n) is 2.92. The van der Waals surface area contributed by atoms with Crippen molar-refractivity contribution in [2.45, 2.75) is 46.1 Å². The van der Waals surface area contributed by atoms with Gasteiger partial charge in [-0.15, -0.1) is 0 Å². The summed E-state index contributed by atoms with van der Waals surface area (Å²) in [4.78, 5) is 16.3. The second-order valence-electron chi connectivity index (χ2n) is 5.90. The maximum Gasteiger partial charge on any atom is 0.341 e. The lowest BCUT2D eigenvalue weighted by Crippen LogP contribution is -2.35. The molecule has 1 aliphatic rings. The largest absolute Gasteiger partial charge is 0.462 e. The molecule has 1 aromatic heterocycles. The summed E-state index contributed by atoms with van der Waals surface area (Å²) in [5, 5.41) is 3.43. The number of hydrogen-bond acceptors (Lipinski definition) is 5. The predicted octanol–water partition coefficient (Wildman–Crippen LogP) is 3.08. The minimum Gasteiger partial charge on any atom is -0.462 e. The molecule has 3 atom stereocenters. The van der Waals surface area contributed by atoms with Gasteiger partial charge in [0.05, 0.1) is 18.5 Å². The number of nitrogens with zero attached hydrogens (tertiary/aromatic N) is 1. The molecule has 1 fully saturated rings. The maximum atomic E-state index is 12.0. The monoisotopic (exact) mass is 291 g/mol. The summed E-state index contributed by atoms with van der Waals surface area (Å²) < 4.78 is 5.09. The molecule has 21 heavy (non-hydrogen) atoms. The van der Waals surface area contributed by atoms with Gasteiger partial charge < -0.3 is 15.8 Å². The van der Waals surface area contributed by atoms with Gasteiger partial charge in [0.2, 0.25) is 0 Å². The Kier molecular flexibility index (Phi) is 5.04. The van der Waals surface area contributed by atoms with Gasteiger partial charge in [-0.2, -0.15) is 0 Å². The summed E-state index contributed by atoms with van der Waals surface area (Å²) in [5.74, 6) is 1.43. The number of carbonyl (C=O) groups is 1. The zero-order valence-electron chi connectivity index (χ0n) is 13.1. The molecule has 5 nitrogen and oxygen atoms in total.